The second-order valence-electron chi connectivity index (χ2n) is 9.30. The number of hydrogen-bond acceptors (Lipinski definition) is 0. The van der Waals surface area contributed by atoms with Gasteiger partial charge in [-0.1, -0.05) is 109 Å². The zero-order valence-electron chi connectivity index (χ0n) is 23.2. The molecule has 0 bridgehead atoms. The smallest absolute Gasteiger partial charge is 0.0620 e. The molecule has 6 aromatic rings. The Morgan fingerprint density at radius 1 is 0.256 bits per heavy atom. The van der Waals surface area contributed by atoms with E-state index in [1.165, 1.54) is 31.8 Å². The Morgan fingerprint density at radius 3 is 0.488 bits per heavy atom. The van der Waals surface area contributed by atoms with E-state index < -0.39 is 27.7 Å². The van der Waals surface area contributed by atoms with E-state index in [2.05, 4.69) is 182 Å². The first kappa shape index (κ1) is 33.9. The van der Waals surface area contributed by atoms with Gasteiger partial charge in [-0.15, -0.1) is 0 Å². The van der Waals surface area contributed by atoms with Crippen molar-refractivity contribution in [3.05, 3.63) is 182 Å². The molecule has 0 aliphatic carbocycles. The Bertz CT molecular complexity index is 1280. The molecule has 7 heteroatoms. The summed E-state index contributed by atoms with van der Waals surface area (Å²) in [7, 11) is 18.4. The van der Waals surface area contributed by atoms with Gasteiger partial charge in [-0.3, -0.25) is 0 Å². The van der Waals surface area contributed by atoms with Gasteiger partial charge in [-0.25, -0.2) is 0 Å². The summed E-state index contributed by atoms with van der Waals surface area (Å²) in [6, 6.07) is 65.0. The topological polar surface area (TPSA) is 0 Å². The molecule has 0 radical (unpaired) electrons. The second kappa shape index (κ2) is 18.1. The van der Waals surface area contributed by atoms with Crippen molar-refractivity contribution >= 4 is 85.3 Å². The van der Waals surface area contributed by atoms with E-state index in [0.717, 1.165) is 0 Å². The van der Waals surface area contributed by atoms with E-state index in [9.17, 15) is 0 Å². The summed E-state index contributed by atoms with van der Waals surface area (Å²) in [5.41, 5.74) is 0. The van der Waals surface area contributed by atoms with Gasteiger partial charge in [0, 0.05) is 0 Å². The fourth-order valence-electron chi connectivity index (χ4n) is 4.63. The molecule has 0 aromatic heterocycles. The van der Waals surface area contributed by atoms with Crippen molar-refractivity contribution in [3.63, 3.8) is 0 Å². The molecule has 6 rings (SSSR count). The Labute approximate surface area is 277 Å². The fraction of sp³-hybridized carbons (Fsp3) is 0. The molecule has 0 N–H and O–H groups in total. The van der Waals surface area contributed by atoms with Crippen LogP contribution in [0.3, 0.4) is 0 Å². The standard InChI is InChI=1S/2C18H15P.4ClH.W/c2*1-4-10-16(11-5-1)19(17-12-6-2-7-13-17)18-14-8-3-9-15-18;;;;;/h2*1-15H;4*1H;/q;;;;;;+4/p-2. The predicted molar refractivity (Wildman–Crippen MR) is 196 cm³/mol. The quantitative estimate of drug-likeness (QED) is 0.147. The van der Waals surface area contributed by atoms with Crippen LogP contribution in [0.5, 0.6) is 0 Å². The Balaban J connectivity index is 0.000000171. The molecule has 0 nitrogen and oxygen atoms in total. The molecule has 43 heavy (non-hydrogen) atoms. The van der Waals surface area contributed by atoms with Crippen LogP contribution in [-0.2, 0) is 11.9 Å². The van der Waals surface area contributed by atoms with Gasteiger partial charge in [0.1, 0.15) is 31.8 Å². The summed E-state index contributed by atoms with van der Waals surface area (Å²) in [5, 5.41) is 8.61. The van der Waals surface area contributed by atoms with Crippen LogP contribution in [0.1, 0.15) is 0 Å². The summed E-state index contributed by atoms with van der Waals surface area (Å²) in [4.78, 5) is 0. The third-order valence-electron chi connectivity index (χ3n) is 6.37. The van der Waals surface area contributed by atoms with Crippen molar-refractivity contribution in [3.8, 4) is 0 Å². The molecule has 0 unspecified atom stereocenters. The van der Waals surface area contributed by atoms with Gasteiger partial charge in [0.25, 0.3) is 0 Å². The van der Waals surface area contributed by atoms with Crippen LogP contribution in [0, 0.1) is 0 Å². The van der Waals surface area contributed by atoms with Gasteiger partial charge in [0.2, 0.25) is 0 Å². The first-order valence-electron chi connectivity index (χ1n) is 13.6. The first-order chi connectivity index (χ1) is 20.9. The number of halogens is 4. The molecular formula is C36H32Cl4P2W+2. The van der Waals surface area contributed by atoms with Crippen LogP contribution in [0.2, 0.25) is 0 Å². The van der Waals surface area contributed by atoms with Crippen LogP contribution in [0.15, 0.2) is 182 Å². The Kier molecular flexibility index (Phi) is 14.3. The minimum absolute atomic E-state index is 0.877. The summed E-state index contributed by atoms with van der Waals surface area (Å²) < 4.78 is 0. The van der Waals surface area contributed by atoms with E-state index in [0.29, 0.717) is 0 Å². The van der Waals surface area contributed by atoms with Crippen molar-refractivity contribution in [2.75, 3.05) is 0 Å². The molecule has 0 saturated heterocycles. The number of benzene rings is 6. The van der Waals surface area contributed by atoms with Crippen molar-refractivity contribution in [1.29, 1.82) is 0 Å². The molecule has 0 heterocycles. The van der Waals surface area contributed by atoms with Gasteiger partial charge in [0.15, 0.2) is 0 Å². The molecule has 218 valence electrons. The molecule has 0 aliphatic rings. The minimum atomic E-state index is -3.28. The van der Waals surface area contributed by atoms with Gasteiger partial charge >= 0.3 is 49.6 Å². The van der Waals surface area contributed by atoms with Crippen LogP contribution >= 0.6 is 53.5 Å². The molecule has 0 saturated carbocycles. The monoisotopic (exact) mass is 850 g/mol. The van der Waals surface area contributed by atoms with Crippen molar-refractivity contribution < 1.29 is 11.9 Å². The average Bonchev–Trinajstić information content (AvgIpc) is 3.04. The average molecular weight is 852 g/mol. The Morgan fingerprint density at radius 2 is 0.372 bits per heavy atom. The summed E-state index contributed by atoms with van der Waals surface area (Å²) in [5.74, 6) is 0. The summed E-state index contributed by atoms with van der Waals surface area (Å²) >= 11 is -3.28. The van der Waals surface area contributed by atoms with E-state index in [4.69, 9.17) is 37.7 Å². The van der Waals surface area contributed by atoms with Gasteiger partial charge in [-0.05, 0) is 72.8 Å². The molecule has 0 aliphatic heterocycles. The molecule has 6 aromatic carbocycles. The first-order valence-corrected chi connectivity index (χ1v) is 31.1. The third-order valence-corrected chi connectivity index (χ3v) is 11.8. The van der Waals surface area contributed by atoms with Crippen LogP contribution in [0.4, 0.5) is 0 Å². The van der Waals surface area contributed by atoms with E-state index in [1.54, 1.807) is 0 Å². The van der Waals surface area contributed by atoms with Gasteiger partial charge in [0.05, 0.1) is 15.8 Å². The van der Waals surface area contributed by atoms with E-state index >= 15 is 0 Å². The van der Waals surface area contributed by atoms with Crippen LogP contribution in [-0.4, -0.2) is 0 Å². The maximum absolute atomic E-state index is 5.03. The molecule has 0 fully saturated rings. The predicted octanol–water partition coefficient (Wildman–Crippen LogP) is 9.11. The Hall–Kier alpha value is -1.97. The largest absolute Gasteiger partial charge is 0.102 e. The van der Waals surface area contributed by atoms with Gasteiger partial charge in [-0.2, -0.15) is 0 Å². The minimum Gasteiger partial charge on any atom is -0.0620 e. The number of hydrogen-bond donors (Lipinski definition) is 0. The normalized spacial score (nSPS) is 11.1. The van der Waals surface area contributed by atoms with E-state index in [-0.39, 0.29) is 0 Å². The van der Waals surface area contributed by atoms with Crippen LogP contribution < -0.4 is 31.8 Å². The summed E-state index contributed by atoms with van der Waals surface area (Å²) in [6.45, 7) is 0. The zero-order chi connectivity index (χ0) is 30.3. The third kappa shape index (κ3) is 11.8. The van der Waals surface area contributed by atoms with Crippen LogP contribution in [0.25, 0.3) is 0 Å². The maximum atomic E-state index is 5.03. The van der Waals surface area contributed by atoms with Gasteiger partial charge < -0.3 is 0 Å². The van der Waals surface area contributed by atoms with Crippen molar-refractivity contribution in [1.82, 2.24) is 0 Å². The van der Waals surface area contributed by atoms with Crippen molar-refractivity contribution in [2.45, 2.75) is 0 Å². The zero-order valence-corrected chi connectivity index (χ0v) is 31.2. The molecule has 0 atom stereocenters. The maximum Gasteiger partial charge on any atom is 0.102 e. The number of rotatable bonds is 6. The second-order valence-corrected chi connectivity index (χ2v) is 39.7. The van der Waals surface area contributed by atoms with E-state index in [1.807, 2.05) is 0 Å². The fourth-order valence-corrected chi connectivity index (χ4v) is 9.78. The molecular weight excluding hydrogens is 820 g/mol. The van der Waals surface area contributed by atoms with Crippen molar-refractivity contribution in [2.24, 2.45) is 0 Å². The summed E-state index contributed by atoms with van der Waals surface area (Å²) in [6.07, 6.45) is 0. The molecule has 0 amide bonds. The SMILES string of the molecule is [Cl][W]([Cl])([Cl])[Cl].c1ccc([PH+](c2ccccc2)c2ccccc2)cc1.c1ccc([PH+](c2ccccc2)c2ccccc2)cc1. The molecule has 0 spiro atoms.